The first-order chi connectivity index (χ1) is 12.0. The molecule has 0 aliphatic rings. The van der Waals surface area contributed by atoms with Gasteiger partial charge in [0, 0.05) is 25.3 Å². The van der Waals surface area contributed by atoms with Gasteiger partial charge < -0.3 is 19.7 Å². The van der Waals surface area contributed by atoms with Crippen LogP contribution in [0.2, 0.25) is 0 Å². The van der Waals surface area contributed by atoms with Gasteiger partial charge in [0.15, 0.2) is 0 Å². The monoisotopic (exact) mass is 350 g/mol. The molecule has 0 unspecified atom stereocenters. The minimum Gasteiger partial charge on any atom is -0.494 e. The van der Waals surface area contributed by atoms with E-state index in [4.69, 9.17) is 4.74 Å². The molecule has 0 fully saturated rings. The Morgan fingerprint density at radius 1 is 1.16 bits per heavy atom. The number of anilines is 1. The molecule has 25 heavy (non-hydrogen) atoms. The molecular formula is C18H20F2N2O3. The number of hydrogen-bond donors (Lipinski definition) is 1. The highest BCUT2D eigenvalue weighted by Gasteiger charge is 2.11. The fourth-order valence-corrected chi connectivity index (χ4v) is 2.17. The van der Waals surface area contributed by atoms with Gasteiger partial charge in [-0.15, -0.1) is 0 Å². The van der Waals surface area contributed by atoms with Crippen LogP contribution in [0.15, 0.2) is 48.5 Å². The third-order valence-corrected chi connectivity index (χ3v) is 3.31. The number of carbonyl (C=O) groups is 1. The van der Waals surface area contributed by atoms with Crippen LogP contribution >= 0.6 is 0 Å². The van der Waals surface area contributed by atoms with Crippen molar-refractivity contribution in [1.29, 1.82) is 0 Å². The third-order valence-electron chi connectivity index (χ3n) is 3.31. The van der Waals surface area contributed by atoms with Gasteiger partial charge in [-0.05, 0) is 36.8 Å². The smallest absolute Gasteiger partial charge is 0.387 e. The number of carbonyl (C=O) groups excluding carboxylic acids is 1. The van der Waals surface area contributed by atoms with E-state index in [-0.39, 0.29) is 11.8 Å². The SMILES string of the molecule is CCOc1ccc(CN(C)C(=O)Nc2cccc(OC(F)F)c2)cc1. The normalized spacial score (nSPS) is 10.4. The number of benzene rings is 2. The summed E-state index contributed by atoms with van der Waals surface area (Å²) >= 11 is 0. The molecule has 0 spiro atoms. The Labute approximate surface area is 145 Å². The maximum absolute atomic E-state index is 12.2. The van der Waals surface area contributed by atoms with Gasteiger partial charge in [0.05, 0.1) is 6.61 Å². The molecule has 0 aliphatic carbocycles. The standard InChI is InChI=1S/C18H20F2N2O3/c1-3-24-15-9-7-13(8-10-15)12-22(2)18(23)21-14-5-4-6-16(11-14)25-17(19)20/h4-11,17H,3,12H2,1-2H3,(H,21,23). The number of halogens is 2. The lowest BCUT2D eigenvalue weighted by Gasteiger charge is -2.18. The summed E-state index contributed by atoms with van der Waals surface area (Å²) in [6, 6.07) is 13.0. The van der Waals surface area contributed by atoms with Crippen LogP contribution in [0, 0.1) is 0 Å². The van der Waals surface area contributed by atoms with Gasteiger partial charge in [-0.2, -0.15) is 8.78 Å². The van der Waals surface area contributed by atoms with Crippen LogP contribution in [0.25, 0.3) is 0 Å². The van der Waals surface area contributed by atoms with E-state index >= 15 is 0 Å². The number of nitrogens with zero attached hydrogens (tertiary/aromatic N) is 1. The largest absolute Gasteiger partial charge is 0.494 e. The molecular weight excluding hydrogens is 330 g/mol. The number of ether oxygens (including phenoxy) is 2. The van der Waals surface area contributed by atoms with E-state index in [0.717, 1.165) is 11.3 Å². The molecule has 5 nitrogen and oxygen atoms in total. The molecule has 0 saturated carbocycles. The maximum Gasteiger partial charge on any atom is 0.387 e. The molecule has 2 aromatic rings. The van der Waals surface area contributed by atoms with Gasteiger partial charge in [-0.25, -0.2) is 4.79 Å². The fourth-order valence-electron chi connectivity index (χ4n) is 2.17. The summed E-state index contributed by atoms with van der Waals surface area (Å²) < 4.78 is 34.2. The third kappa shape index (κ3) is 5.95. The van der Waals surface area contributed by atoms with Gasteiger partial charge in [0.1, 0.15) is 11.5 Å². The van der Waals surface area contributed by atoms with Crippen molar-refractivity contribution in [2.45, 2.75) is 20.1 Å². The molecule has 1 N–H and O–H groups in total. The van der Waals surface area contributed by atoms with E-state index in [1.54, 1.807) is 13.1 Å². The number of alkyl halides is 2. The topological polar surface area (TPSA) is 50.8 Å². The van der Waals surface area contributed by atoms with E-state index in [2.05, 4.69) is 10.1 Å². The number of nitrogens with one attached hydrogen (secondary N) is 1. The number of hydrogen-bond acceptors (Lipinski definition) is 3. The minimum atomic E-state index is -2.91. The molecule has 134 valence electrons. The first kappa shape index (κ1) is 18.5. The summed E-state index contributed by atoms with van der Waals surface area (Å²) in [6.07, 6.45) is 0. The maximum atomic E-state index is 12.2. The first-order valence-electron chi connectivity index (χ1n) is 7.76. The highest BCUT2D eigenvalue weighted by molar-refractivity contribution is 5.89. The van der Waals surface area contributed by atoms with Crippen molar-refractivity contribution in [3.63, 3.8) is 0 Å². The predicted molar refractivity (Wildman–Crippen MR) is 91.2 cm³/mol. The second-order valence-electron chi connectivity index (χ2n) is 5.27. The van der Waals surface area contributed by atoms with Gasteiger partial charge in [0.2, 0.25) is 0 Å². The molecule has 0 aromatic heterocycles. The van der Waals surface area contributed by atoms with Crippen molar-refractivity contribution >= 4 is 11.7 Å². The predicted octanol–water partition coefficient (Wildman–Crippen LogP) is 4.35. The quantitative estimate of drug-likeness (QED) is 0.808. The van der Waals surface area contributed by atoms with Gasteiger partial charge >= 0.3 is 12.6 Å². The zero-order valence-corrected chi connectivity index (χ0v) is 14.0. The van der Waals surface area contributed by atoms with Crippen molar-refractivity contribution in [2.24, 2.45) is 0 Å². The Hall–Kier alpha value is -2.83. The molecule has 7 heteroatoms. The summed E-state index contributed by atoms with van der Waals surface area (Å²) in [5.41, 5.74) is 1.32. The number of rotatable bonds is 7. The highest BCUT2D eigenvalue weighted by Crippen LogP contribution is 2.20. The van der Waals surface area contributed by atoms with E-state index in [0.29, 0.717) is 18.8 Å². The Morgan fingerprint density at radius 3 is 2.52 bits per heavy atom. The van der Waals surface area contributed by atoms with E-state index in [1.807, 2.05) is 31.2 Å². The van der Waals surface area contributed by atoms with Crippen LogP contribution < -0.4 is 14.8 Å². The molecule has 0 heterocycles. The fraction of sp³-hybridized carbons (Fsp3) is 0.278. The van der Waals surface area contributed by atoms with Crippen molar-refractivity contribution in [2.75, 3.05) is 19.0 Å². The van der Waals surface area contributed by atoms with Crippen molar-refractivity contribution in [3.8, 4) is 11.5 Å². The van der Waals surface area contributed by atoms with Crippen molar-refractivity contribution < 1.29 is 23.0 Å². The summed E-state index contributed by atoms with van der Waals surface area (Å²) in [7, 11) is 1.64. The van der Waals surface area contributed by atoms with E-state index in [1.165, 1.54) is 23.1 Å². The first-order valence-corrected chi connectivity index (χ1v) is 7.76. The lowest BCUT2D eigenvalue weighted by Crippen LogP contribution is -2.30. The van der Waals surface area contributed by atoms with Crippen LogP contribution in [0.4, 0.5) is 19.3 Å². The lowest BCUT2D eigenvalue weighted by molar-refractivity contribution is -0.0497. The second-order valence-corrected chi connectivity index (χ2v) is 5.27. The molecule has 0 radical (unpaired) electrons. The minimum absolute atomic E-state index is 0.0121. The number of amides is 2. The Bertz CT molecular complexity index is 693. The summed E-state index contributed by atoms with van der Waals surface area (Å²) in [5.74, 6) is 0.760. The molecule has 0 saturated heterocycles. The van der Waals surface area contributed by atoms with Crippen LogP contribution in [-0.4, -0.2) is 31.2 Å². The average Bonchev–Trinajstić information content (AvgIpc) is 2.56. The van der Waals surface area contributed by atoms with Crippen LogP contribution in [-0.2, 0) is 6.54 Å². The Kier molecular flexibility index (Phi) is 6.56. The van der Waals surface area contributed by atoms with Gasteiger partial charge in [-0.1, -0.05) is 18.2 Å². The average molecular weight is 350 g/mol. The van der Waals surface area contributed by atoms with Crippen molar-refractivity contribution in [3.05, 3.63) is 54.1 Å². The zero-order chi connectivity index (χ0) is 18.2. The van der Waals surface area contributed by atoms with E-state index < -0.39 is 6.61 Å². The number of urea groups is 1. The summed E-state index contributed by atoms with van der Waals surface area (Å²) in [6.45, 7) is -0.0113. The Morgan fingerprint density at radius 2 is 1.88 bits per heavy atom. The van der Waals surface area contributed by atoms with Crippen LogP contribution in [0.3, 0.4) is 0 Å². The zero-order valence-electron chi connectivity index (χ0n) is 14.0. The molecule has 2 amide bonds. The van der Waals surface area contributed by atoms with E-state index in [9.17, 15) is 13.6 Å². The van der Waals surface area contributed by atoms with Crippen molar-refractivity contribution in [1.82, 2.24) is 4.90 Å². The Balaban J connectivity index is 1.93. The molecule has 2 aromatic carbocycles. The van der Waals surface area contributed by atoms with Gasteiger partial charge in [0.25, 0.3) is 0 Å². The van der Waals surface area contributed by atoms with Crippen LogP contribution in [0.5, 0.6) is 11.5 Å². The highest BCUT2D eigenvalue weighted by atomic mass is 19.3. The molecule has 0 bridgehead atoms. The molecule has 0 aliphatic heterocycles. The molecule has 2 rings (SSSR count). The van der Waals surface area contributed by atoms with Crippen LogP contribution in [0.1, 0.15) is 12.5 Å². The second kappa shape index (κ2) is 8.86. The summed E-state index contributed by atoms with van der Waals surface area (Å²) in [4.78, 5) is 13.7. The lowest BCUT2D eigenvalue weighted by atomic mass is 10.2. The van der Waals surface area contributed by atoms with Gasteiger partial charge in [-0.3, -0.25) is 0 Å². The molecule has 0 atom stereocenters. The summed E-state index contributed by atoms with van der Waals surface area (Å²) in [5, 5.41) is 2.64.